The first-order chi connectivity index (χ1) is 18.4. The lowest BCUT2D eigenvalue weighted by molar-refractivity contribution is 0.425. The van der Waals surface area contributed by atoms with Gasteiger partial charge in [-0.2, -0.15) is 5.10 Å². The van der Waals surface area contributed by atoms with Crippen molar-refractivity contribution in [2.24, 2.45) is 0 Å². The quantitative estimate of drug-likeness (QED) is 0.295. The zero-order valence-electron chi connectivity index (χ0n) is 21.6. The fraction of sp³-hybridized carbons (Fsp3) is 0.172. The lowest BCUT2D eigenvalue weighted by atomic mass is 10.1. The first-order valence-electron chi connectivity index (χ1n) is 12.3. The number of anilines is 1. The van der Waals surface area contributed by atoms with Crippen LogP contribution in [0.4, 0.5) is 10.1 Å². The second-order valence-electron chi connectivity index (χ2n) is 9.19. The smallest absolute Gasteiger partial charge is 0.159 e. The molecule has 192 valence electrons. The van der Waals surface area contributed by atoms with Crippen LogP contribution in [-0.2, 0) is 0 Å². The molecule has 3 N–H and O–H groups in total. The molecule has 0 aliphatic rings. The highest BCUT2D eigenvalue weighted by Crippen LogP contribution is 2.29. The minimum absolute atomic E-state index is 0.342. The average molecular weight is 509 g/mol. The summed E-state index contributed by atoms with van der Waals surface area (Å²) < 4.78 is 14.6. The van der Waals surface area contributed by atoms with Gasteiger partial charge in [-0.3, -0.25) is 15.1 Å². The third kappa shape index (κ3) is 5.23. The molecule has 1 aromatic carbocycles. The van der Waals surface area contributed by atoms with Crippen LogP contribution >= 0.6 is 0 Å². The van der Waals surface area contributed by atoms with Crippen molar-refractivity contribution in [1.82, 2.24) is 35.0 Å². The van der Waals surface area contributed by atoms with Gasteiger partial charge in [-0.05, 0) is 74.6 Å². The number of fused-ring (bicyclic) bond motifs is 1. The maximum atomic E-state index is 14.6. The highest BCUT2D eigenvalue weighted by molar-refractivity contribution is 5.92. The summed E-state index contributed by atoms with van der Waals surface area (Å²) in [6.45, 7) is 7.63. The van der Waals surface area contributed by atoms with E-state index in [1.165, 1.54) is 12.1 Å². The molecular formula is C29H29FN8. The van der Waals surface area contributed by atoms with Gasteiger partial charge in [0.1, 0.15) is 17.0 Å². The number of nitrogens with zero attached hydrogens (tertiary/aromatic N) is 5. The van der Waals surface area contributed by atoms with E-state index in [4.69, 9.17) is 4.98 Å². The van der Waals surface area contributed by atoms with Crippen LogP contribution in [-0.4, -0.2) is 62.2 Å². The largest absolute Gasteiger partial charge is 0.384 e. The van der Waals surface area contributed by atoms with Gasteiger partial charge in [-0.25, -0.2) is 9.37 Å². The fourth-order valence-electron chi connectivity index (χ4n) is 4.27. The number of rotatable bonds is 8. The molecule has 0 amide bonds. The number of aromatic nitrogens is 6. The molecule has 9 heteroatoms. The first kappa shape index (κ1) is 25.0. The number of likely N-dealkylation sites (N-methyl/N-ethyl adjacent to an activating group) is 1. The van der Waals surface area contributed by atoms with E-state index < -0.39 is 0 Å². The van der Waals surface area contributed by atoms with Crippen LogP contribution < -0.4 is 15.9 Å². The number of pyridine rings is 2. The summed E-state index contributed by atoms with van der Waals surface area (Å²) in [6, 6.07) is 10.6. The van der Waals surface area contributed by atoms with Crippen molar-refractivity contribution in [3.05, 3.63) is 83.0 Å². The van der Waals surface area contributed by atoms with Crippen LogP contribution in [0.5, 0.6) is 0 Å². The highest BCUT2D eigenvalue weighted by Gasteiger charge is 2.16. The summed E-state index contributed by atoms with van der Waals surface area (Å²) >= 11 is 0. The minimum atomic E-state index is -0.342. The number of imidazole rings is 1. The summed E-state index contributed by atoms with van der Waals surface area (Å²) in [5, 5.41) is 12.2. The zero-order chi connectivity index (χ0) is 26.6. The maximum absolute atomic E-state index is 14.6. The van der Waals surface area contributed by atoms with Crippen molar-refractivity contribution >= 4 is 34.9 Å². The standard InChI is InChI=1S/C29H29FN8/c1-5-19(20-6-9-31-10-7-20)16-24-18(2)36-37-27(24)29-34-25-8-11-33-26(28(25)35-29)21-14-22(30)17-23(15-21)32-12-13-38(3)4/h5-11,14-17,32,36H,2,12-13H2,1,3-4H3,(H,34,35)/b19-5+,24-16+. The second-order valence-corrected chi connectivity index (χ2v) is 9.19. The molecule has 0 atom stereocenters. The van der Waals surface area contributed by atoms with Gasteiger partial charge in [-0.1, -0.05) is 12.7 Å². The van der Waals surface area contributed by atoms with Gasteiger partial charge >= 0.3 is 0 Å². The molecule has 0 aliphatic carbocycles. The Labute approximate surface area is 219 Å². The number of nitrogens with one attached hydrogen (secondary N) is 3. The first-order valence-corrected chi connectivity index (χ1v) is 12.3. The Kier molecular flexibility index (Phi) is 7.10. The number of halogens is 1. The SMILES string of the molecule is C=c1[nH]nc(-c2nc3c(-c4cc(F)cc(NCCN(C)C)c4)nccc3[nH]2)/c1=C/C(=C\C)c1ccncc1. The average Bonchev–Trinajstić information content (AvgIpc) is 3.50. The molecule has 4 aromatic heterocycles. The lowest BCUT2D eigenvalue weighted by Gasteiger charge is -2.12. The Bertz CT molecular complexity index is 1720. The predicted molar refractivity (Wildman–Crippen MR) is 151 cm³/mol. The van der Waals surface area contributed by atoms with E-state index >= 15 is 0 Å². The van der Waals surface area contributed by atoms with Crippen LogP contribution in [0.2, 0.25) is 0 Å². The summed E-state index contributed by atoms with van der Waals surface area (Å²) in [4.78, 5) is 18.9. The van der Waals surface area contributed by atoms with E-state index in [9.17, 15) is 4.39 Å². The van der Waals surface area contributed by atoms with Gasteiger partial charge in [0.25, 0.3) is 0 Å². The maximum Gasteiger partial charge on any atom is 0.159 e. The van der Waals surface area contributed by atoms with Gasteiger partial charge in [0, 0.05) is 48.1 Å². The van der Waals surface area contributed by atoms with Gasteiger partial charge < -0.3 is 15.2 Å². The number of aromatic amines is 2. The monoisotopic (exact) mass is 508 g/mol. The van der Waals surface area contributed by atoms with E-state index in [0.29, 0.717) is 45.9 Å². The van der Waals surface area contributed by atoms with E-state index in [1.807, 2.05) is 57.4 Å². The van der Waals surface area contributed by atoms with E-state index in [1.54, 1.807) is 18.6 Å². The molecule has 5 aromatic rings. The molecule has 38 heavy (non-hydrogen) atoms. The topological polar surface area (TPSA) is 98.4 Å². The van der Waals surface area contributed by atoms with E-state index in [2.05, 4.69) is 41.9 Å². The molecule has 8 nitrogen and oxygen atoms in total. The van der Waals surface area contributed by atoms with Gasteiger partial charge in [-0.15, -0.1) is 0 Å². The molecule has 4 heterocycles. The van der Waals surface area contributed by atoms with Crippen molar-refractivity contribution < 1.29 is 4.39 Å². The Morgan fingerprint density at radius 3 is 2.68 bits per heavy atom. The van der Waals surface area contributed by atoms with Crippen molar-refractivity contribution in [1.29, 1.82) is 0 Å². The number of hydrogen-bond donors (Lipinski definition) is 3. The lowest BCUT2D eigenvalue weighted by Crippen LogP contribution is -2.22. The fourth-order valence-corrected chi connectivity index (χ4v) is 4.27. The Hall–Kier alpha value is -4.63. The van der Waals surface area contributed by atoms with Crippen LogP contribution in [0.3, 0.4) is 0 Å². The van der Waals surface area contributed by atoms with Crippen molar-refractivity contribution in [2.45, 2.75) is 6.92 Å². The summed E-state index contributed by atoms with van der Waals surface area (Å²) in [5.41, 5.74) is 6.00. The van der Waals surface area contributed by atoms with E-state index in [0.717, 1.165) is 28.4 Å². The molecule has 0 unspecified atom stereocenters. The number of H-pyrrole nitrogens is 2. The molecule has 0 aliphatic heterocycles. The molecule has 0 saturated heterocycles. The Morgan fingerprint density at radius 2 is 1.92 bits per heavy atom. The summed E-state index contributed by atoms with van der Waals surface area (Å²) in [5.74, 6) is 0.225. The van der Waals surface area contributed by atoms with Crippen LogP contribution in [0, 0.1) is 5.82 Å². The van der Waals surface area contributed by atoms with Crippen molar-refractivity contribution in [2.75, 3.05) is 32.5 Å². The molecule has 0 fully saturated rings. The second kappa shape index (κ2) is 10.8. The number of hydrogen-bond acceptors (Lipinski definition) is 6. The predicted octanol–water partition coefficient (Wildman–Crippen LogP) is 3.82. The normalized spacial score (nSPS) is 12.6. The number of allylic oxidation sites excluding steroid dienone is 2. The van der Waals surface area contributed by atoms with Crippen molar-refractivity contribution in [3.63, 3.8) is 0 Å². The van der Waals surface area contributed by atoms with Crippen LogP contribution in [0.15, 0.2) is 61.1 Å². The van der Waals surface area contributed by atoms with Crippen LogP contribution in [0.1, 0.15) is 12.5 Å². The molecular weight excluding hydrogens is 479 g/mol. The molecule has 5 rings (SSSR count). The molecule has 0 radical (unpaired) electrons. The van der Waals surface area contributed by atoms with Gasteiger partial charge in [0.05, 0.1) is 16.6 Å². The molecule has 0 spiro atoms. The Balaban J connectivity index is 1.57. The molecule has 0 saturated carbocycles. The van der Waals surface area contributed by atoms with E-state index in [-0.39, 0.29) is 5.82 Å². The third-order valence-electron chi connectivity index (χ3n) is 6.19. The molecule has 0 bridgehead atoms. The summed E-state index contributed by atoms with van der Waals surface area (Å²) in [7, 11) is 3.99. The zero-order valence-corrected chi connectivity index (χ0v) is 21.6. The van der Waals surface area contributed by atoms with Gasteiger partial charge in [0.2, 0.25) is 0 Å². The van der Waals surface area contributed by atoms with Crippen LogP contribution in [0.25, 0.3) is 52.0 Å². The third-order valence-corrected chi connectivity index (χ3v) is 6.19. The van der Waals surface area contributed by atoms with Gasteiger partial charge in [0.15, 0.2) is 5.82 Å². The minimum Gasteiger partial charge on any atom is -0.384 e. The highest BCUT2D eigenvalue weighted by atomic mass is 19.1. The Morgan fingerprint density at radius 1 is 1.11 bits per heavy atom. The van der Waals surface area contributed by atoms with Crippen molar-refractivity contribution in [3.8, 4) is 22.8 Å². The number of benzene rings is 1. The summed E-state index contributed by atoms with van der Waals surface area (Å²) in [6.07, 6.45) is 9.27.